The van der Waals surface area contributed by atoms with Crippen molar-refractivity contribution in [2.75, 3.05) is 18.6 Å². The number of methoxy groups -OCH3 is 1. The van der Waals surface area contributed by atoms with Gasteiger partial charge in [-0.15, -0.1) is 0 Å². The van der Waals surface area contributed by atoms with Crippen LogP contribution in [0.25, 0.3) is 5.69 Å². The van der Waals surface area contributed by atoms with Crippen molar-refractivity contribution >= 4 is 17.5 Å². The van der Waals surface area contributed by atoms with Gasteiger partial charge in [0.2, 0.25) is 11.8 Å². The topological polar surface area (TPSA) is 76.5 Å². The van der Waals surface area contributed by atoms with Crippen molar-refractivity contribution in [1.82, 2.24) is 14.9 Å². The van der Waals surface area contributed by atoms with Crippen molar-refractivity contribution in [1.29, 1.82) is 0 Å². The molecule has 2 amide bonds. The molecule has 0 bridgehead atoms. The average Bonchev–Trinajstić information content (AvgIpc) is 3.35. The fraction of sp³-hybridized carbons (Fsp3) is 0.261. The molecule has 1 aliphatic heterocycles. The number of carbonyl (C=O) groups excluding carboxylic acids is 2. The summed E-state index contributed by atoms with van der Waals surface area (Å²) in [6.45, 7) is 2.40. The summed E-state index contributed by atoms with van der Waals surface area (Å²) in [7, 11) is 1.58. The van der Waals surface area contributed by atoms with Crippen molar-refractivity contribution in [3.63, 3.8) is 0 Å². The monoisotopic (exact) mass is 422 g/mol. The largest absolute Gasteiger partial charge is 0.494 e. The van der Waals surface area contributed by atoms with Gasteiger partial charge in [-0.05, 0) is 43.2 Å². The lowest BCUT2D eigenvalue weighted by molar-refractivity contribution is -0.126. The van der Waals surface area contributed by atoms with Gasteiger partial charge in [-0.1, -0.05) is 12.1 Å². The van der Waals surface area contributed by atoms with Crippen LogP contribution in [0.5, 0.6) is 5.75 Å². The minimum atomic E-state index is -0.588. The maximum absolute atomic E-state index is 13.0. The van der Waals surface area contributed by atoms with Crippen LogP contribution in [-0.4, -0.2) is 41.1 Å². The summed E-state index contributed by atoms with van der Waals surface area (Å²) in [5.74, 6) is -0.169. The Labute approximate surface area is 179 Å². The van der Waals surface area contributed by atoms with Crippen LogP contribution in [0.15, 0.2) is 55.0 Å². The molecule has 0 radical (unpaired) electrons. The molecule has 7 nitrogen and oxygen atoms in total. The summed E-state index contributed by atoms with van der Waals surface area (Å²) in [6, 6.07) is 10.7. The fourth-order valence-corrected chi connectivity index (χ4v) is 3.70. The molecule has 1 aromatic heterocycles. The summed E-state index contributed by atoms with van der Waals surface area (Å²) < 4.78 is 20.4. The maximum atomic E-state index is 13.0. The van der Waals surface area contributed by atoms with E-state index >= 15 is 0 Å². The number of rotatable bonds is 6. The molecule has 1 N–H and O–H groups in total. The second-order valence-electron chi connectivity index (χ2n) is 7.48. The number of nitrogens with zero attached hydrogens (tertiary/aromatic N) is 3. The van der Waals surface area contributed by atoms with Gasteiger partial charge in [-0.25, -0.2) is 9.37 Å². The number of halogens is 1. The molecule has 0 aliphatic carbocycles. The third kappa shape index (κ3) is 4.42. The van der Waals surface area contributed by atoms with Crippen molar-refractivity contribution in [2.24, 2.45) is 0 Å². The zero-order valence-corrected chi connectivity index (χ0v) is 17.3. The van der Waals surface area contributed by atoms with E-state index in [0.29, 0.717) is 30.0 Å². The van der Waals surface area contributed by atoms with E-state index in [0.717, 1.165) is 11.4 Å². The molecule has 2 aromatic carbocycles. The summed E-state index contributed by atoms with van der Waals surface area (Å²) in [6.07, 6.45) is 4.21. The van der Waals surface area contributed by atoms with Crippen molar-refractivity contribution in [3.05, 3.63) is 72.1 Å². The molecule has 1 atom stereocenters. The Morgan fingerprint density at radius 2 is 2.03 bits per heavy atom. The number of nitrogens with one attached hydrogen (secondary N) is 1. The van der Waals surface area contributed by atoms with Crippen LogP contribution in [0, 0.1) is 12.7 Å². The number of anilines is 1. The van der Waals surface area contributed by atoms with E-state index in [1.54, 1.807) is 30.5 Å². The lowest BCUT2D eigenvalue weighted by Crippen LogP contribution is -2.42. The Morgan fingerprint density at radius 3 is 2.71 bits per heavy atom. The van der Waals surface area contributed by atoms with E-state index < -0.39 is 6.04 Å². The number of aryl methyl sites for hydroxylation is 1. The van der Waals surface area contributed by atoms with E-state index in [1.807, 2.05) is 35.9 Å². The third-order valence-corrected chi connectivity index (χ3v) is 5.28. The number of imidazole rings is 1. The Hall–Kier alpha value is -3.68. The highest BCUT2D eigenvalue weighted by molar-refractivity contribution is 6.01. The third-order valence-electron chi connectivity index (χ3n) is 5.28. The van der Waals surface area contributed by atoms with Gasteiger partial charge in [0.05, 0.1) is 31.2 Å². The van der Waals surface area contributed by atoms with Crippen LogP contribution in [0.1, 0.15) is 17.7 Å². The molecule has 31 heavy (non-hydrogen) atoms. The standard InChI is InChI=1S/C23H23FN4O3/c1-15-13-27(14-25-15)20-8-7-18(12-21(20)31-2)28-10-9-19(23(28)30)26-22(29)11-16-3-5-17(24)6-4-16/h3-8,12-14,19H,9-11H2,1-2H3,(H,26,29). The molecule has 0 saturated carbocycles. The molecule has 1 fully saturated rings. The fourth-order valence-electron chi connectivity index (χ4n) is 3.70. The summed E-state index contributed by atoms with van der Waals surface area (Å²) in [4.78, 5) is 31.1. The minimum absolute atomic E-state index is 0.0941. The summed E-state index contributed by atoms with van der Waals surface area (Å²) in [5, 5.41) is 2.79. The van der Waals surface area contributed by atoms with Gasteiger partial charge in [0.1, 0.15) is 17.6 Å². The predicted octanol–water partition coefficient (Wildman–Crippen LogP) is 2.79. The van der Waals surface area contributed by atoms with Crippen LogP contribution in [0.4, 0.5) is 10.1 Å². The van der Waals surface area contributed by atoms with Gasteiger partial charge in [0, 0.05) is 24.5 Å². The van der Waals surface area contributed by atoms with Crippen molar-refractivity contribution in [2.45, 2.75) is 25.8 Å². The average molecular weight is 422 g/mol. The van der Waals surface area contributed by atoms with Crippen LogP contribution in [0.3, 0.4) is 0 Å². The van der Waals surface area contributed by atoms with Gasteiger partial charge in [-0.2, -0.15) is 0 Å². The molecular weight excluding hydrogens is 399 g/mol. The van der Waals surface area contributed by atoms with Crippen molar-refractivity contribution < 1.29 is 18.7 Å². The highest BCUT2D eigenvalue weighted by Crippen LogP contribution is 2.31. The lowest BCUT2D eigenvalue weighted by atomic mass is 10.1. The molecule has 1 saturated heterocycles. The van der Waals surface area contributed by atoms with E-state index in [1.165, 1.54) is 12.1 Å². The molecule has 1 unspecified atom stereocenters. The first-order chi connectivity index (χ1) is 14.9. The molecular formula is C23H23FN4O3. The van der Waals surface area contributed by atoms with Gasteiger partial charge in [0.25, 0.3) is 0 Å². The van der Waals surface area contributed by atoms with Crippen LogP contribution >= 0.6 is 0 Å². The molecule has 8 heteroatoms. The number of amides is 2. The molecule has 0 spiro atoms. The van der Waals surface area contributed by atoms with E-state index in [2.05, 4.69) is 10.3 Å². The number of hydrogen-bond donors (Lipinski definition) is 1. The molecule has 2 heterocycles. The van der Waals surface area contributed by atoms with E-state index in [-0.39, 0.29) is 24.1 Å². The molecule has 160 valence electrons. The Balaban J connectivity index is 1.44. The Kier molecular flexibility index (Phi) is 5.70. The first-order valence-electron chi connectivity index (χ1n) is 9.99. The minimum Gasteiger partial charge on any atom is -0.494 e. The van der Waals surface area contributed by atoms with Crippen LogP contribution < -0.4 is 15.0 Å². The highest BCUT2D eigenvalue weighted by Gasteiger charge is 2.34. The number of ether oxygens (including phenoxy) is 1. The Morgan fingerprint density at radius 1 is 1.26 bits per heavy atom. The Bertz CT molecular complexity index is 1110. The van der Waals surface area contributed by atoms with Gasteiger partial charge in [-0.3, -0.25) is 9.59 Å². The van der Waals surface area contributed by atoms with Crippen molar-refractivity contribution in [3.8, 4) is 11.4 Å². The van der Waals surface area contributed by atoms with Gasteiger partial charge in [0.15, 0.2) is 0 Å². The molecule has 1 aliphatic rings. The summed E-state index contributed by atoms with van der Waals surface area (Å²) >= 11 is 0. The highest BCUT2D eigenvalue weighted by atomic mass is 19.1. The second-order valence-corrected chi connectivity index (χ2v) is 7.48. The lowest BCUT2D eigenvalue weighted by Gasteiger charge is -2.19. The van der Waals surface area contributed by atoms with E-state index in [9.17, 15) is 14.0 Å². The first kappa shape index (κ1) is 20.6. The molecule has 4 rings (SSSR count). The summed E-state index contributed by atoms with van der Waals surface area (Å²) in [5.41, 5.74) is 3.11. The molecule has 3 aromatic rings. The maximum Gasteiger partial charge on any atom is 0.249 e. The zero-order valence-electron chi connectivity index (χ0n) is 17.3. The quantitative estimate of drug-likeness (QED) is 0.663. The predicted molar refractivity (Wildman–Crippen MR) is 114 cm³/mol. The number of hydrogen-bond acceptors (Lipinski definition) is 4. The number of carbonyl (C=O) groups is 2. The van der Waals surface area contributed by atoms with Crippen LogP contribution in [-0.2, 0) is 16.0 Å². The zero-order chi connectivity index (χ0) is 22.0. The second kappa shape index (κ2) is 8.59. The van der Waals surface area contributed by atoms with E-state index in [4.69, 9.17) is 4.74 Å². The van der Waals surface area contributed by atoms with Crippen LogP contribution in [0.2, 0.25) is 0 Å². The normalized spacial score (nSPS) is 15.9. The SMILES string of the molecule is COc1cc(N2CCC(NC(=O)Cc3ccc(F)cc3)C2=O)ccc1-n1cnc(C)c1. The van der Waals surface area contributed by atoms with Gasteiger partial charge < -0.3 is 19.5 Å². The first-order valence-corrected chi connectivity index (χ1v) is 9.99. The smallest absolute Gasteiger partial charge is 0.249 e. The van der Waals surface area contributed by atoms with Gasteiger partial charge >= 0.3 is 0 Å². The number of benzene rings is 2. The number of aromatic nitrogens is 2.